The molecule has 1 aromatic heterocycles. The van der Waals surface area contributed by atoms with E-state index in [4.69, 9.17) is 9.47 Å². The van der Waals surface area contributed by atoms with Crippen LogP contribution in [0.15, 0.2) is 28.8 Å². The van der Waals surface area contributed by atoms with E-state index >= 15 is 0 Å². The number of methoxy groups -OCH3 is 1. The van der Waals surface area contributed by atoms with E-state index in [0.717, 1.165) is 16.7 Å². The SMILES string of the molecule is CO[C@@]1(NC(=O)C(=S=O)c2cccs2)C(=O)N2C(C(=O)O)=C(COC(C)=O)CS[C@@H]21. The largest absolute Gasteiger partial charge is 0.477 e. The molecule has 0 aliphatic carbocycles. The maximum atomic E-state index is 13.0. The summed E-state index contributed by atoms with van der Waals surface area (Å²) < 4.78 is 21.7. The highest BCUT2D eigenvalue weighted by atomic mass is 32.2. The summed E-state index contributed by atoms with van der Waals surface area (Å²) in [6, 6.07) is 3.28. The van der Waals surface area contributed by atoms with Gasteiger partial charge in [0.15, 0.2) is 0 Å². The molecular formula is C17H16N2O8S3. The minimum atomic E-state index is -1.83. The molecule has 0 spiro atoms. The van der Waals surface area contributed by atoms with Crippen molar-refractivity contribution in [3.63, 3.8) is 0 Å². The van der Waals surface area contributed by atoms with Gasteiger partial charge >= 0.3 is 11.9 Å². The number of carbonyl (C=O) groups is 4. The Labute approximate surface area is 182 Å². The number of carboxylic acids is 1. The average Bonchev–Trinajstić information content (AvgIpc) is 3.24. The van der Waals surface area contributed by atoms with Crippen LogP contribution in [0.3, 0.4) is 0 Å². The number of carboxylic acid groups (broad SMARTS) is 1. The fourth-order valence-corrected chi connectivity index (χ4v) is 5.67. The normalized spacial score (nSPS) is 22.7. The average molecular weight is 473 g/mol. The standard InChI is InChI=1S/C17H16N2O8S3/c1-8(20)27-6-9-7-29-16-17(26-2,15(24)19(16)11(9)14(22)23)18-13(21)12(30-25)10-4-3-5-28-10/h3-5,16H,6-7H2,1-2H3,(H,18,21)(H,22,23)/t16-,17+/m1/s1. The summed E-state index contributed by atoms with van der Waals surface area (Å²) in [4.78, 5) is 49.8. The Hall–Kier alpha value is -2.48. The third kappa shape index (κ3) is 3.69. The highest BCUT2D eigenvalue weighted by molar-refractivity contribution is 8.00. The molecule has 13 heteroatoms. The molecule has 10 nitrogen and oxygen atoms in total. The molecular weight excluding hydrogens is 456 g/mol. The number of thioether (sulfide) groups is 1. The molecule has 2 amide bonds. The van der Waals surface area contributed by atoms with E-state index in [2.05, 4.69) is 5.32 Å². The molecule has 2 N–H and O–H groups in total. The number of ether oxygens (including phenoxy) is 2. The van der Waals surface area contributed by atoms with Crippen molar-refractivity contribution in [2.75, 3.05) is 19.5 Å². The molecule has 2 aliphatic heterocycles. The number of nitrogens with zero attached hydrogens (tertiary/aromatic N) is 1. The number of rotatable bonds is 7. The number of carbonyl (C=O) groups excluding carboxylic acids is 3. The van der Waals surface area contributed by atoms with Crippen molar-refractivity contribution in [1.29, 1.82) is 0 Å². The summed E-state index contributed by atoms with van der Waals surface area (Å²) in [6.07, 6.45) is 0. The van der Waals surface area contributed by atoms with Crippen LogP contribution in [0.2, 0.25) is 0 Å². The van der Waals surface area contributed by atoms with E-state index in [9.17, 15) is 28.5 Å². The summed E-state index contributed by atoms with van der Waals surface area (Å²) in [6.45, 7) is 0.922. The highest BCUT2D eigenvalue weighted by Gasteiger charge is 2.66. The Balaban J connectivity index is 1.89. The summed E-state index contributed by atoms with van der Waals surface area (Å²) in [7, 11) is 1.21. The maximum Gasteiger partial charge on any atom is 0.352 e. The number of aliphatic carboxylic acids is 1. The summed E-state index contributed by atoms with van der Waals surface area (Å²) in [5, 5.41) is 12.9. The van der Waals surface area contributed by atoms with Gasteiger partial charge in [0.25, 0.3) is 17.5 Å². The molecule has 160 valence electrons. The van der Waals surface area contributed by atoms with Gasteiger partial charge in [0.05, 0.1) is 4.88 Å². The second-order valence-electron chi connectivity index (χ2n) is 6.16. The van der Waals surface area contributed by atoms with E-state index < -0.39 is 34.9 Å². The van der Waals surface area contributed by atoms with Crippen molar-refractivity contribution in [1.82, 2.24) is 10.2 Å². The van der Waals surface area contributed by atoms with Crippen molar-refractivity contribution in [2.24, 2.45) is 0 Å². The molecule has 30 heavy (non-hydrogen) atoms. The van der Waals surface area contributed by atoms with Crippen LogP contribution in [0.4, 0.5) is 0 Å². The van der Waals surface area contributed by atoms with Gasteiger partial charge in [-0.3, -0.25) is 19.3 Å². The van der Waals surface area contributed by atoms with Gasteiger partial charge in [0, 0.05) is 25.4 Å². The number of hydrogen-bond donors (Lipinski definition) is 2. The monoisotopic (exact) mass is 472 g/mol. The lowest BCUT2D eigenvalue weighted by molar-refractivity contribution is -0.191. The van der Waals surface area contributed by atoms with Crippen molar-refractivity contribution < 1.29 is 38.0 Å². The predicted molar refractivity (Wildman–Crippen MR) is 109 cm³/mol. The number of hydrogen-bond acceptors (Lipinski definition) is 9. The van der Waals surface area contributed by atoms with Gasteiger partial charge in [-0.05, 0) is 11.4 Å². The first kappa shape index (κ1) is 22.2. The minimum Gasteiger partial charge on any atom is -0.477 e. The topological polar surface area (TPSA) is 139 Å². The first-order valence-corrected chi connectivity index (χ1v) is 11.1. The number of nitrogens with one attached hydrogen (secondary N) is 1. The molecule has 1 saturated heterocycles. The van der Waals surface area contributed by atoms with Crippen LogP contribution in [-0.4, -0.2) is 73.4 Å². The summed E-state index contributed by atoms with van der Waals surface area (Å²) in [5.41, 5.74) is -1.88. The first-order valence-electron chi connectivity index (χ1n) is 8.39. The molecule has 0 bridgehead atoms. The van der Waals surface area contributed by atoms with Gasteiger partial charge in [-0.25, -0.2) is 9.00 Å². The van der Waals surface area contributed by atoms with Crippen LogP contribution < -0.4 is 5.32 Å². The quantitative estimate of drug-likeness (QED) is 0.181. The van der Waals surface area contributed by atoms with Crippen molar-refractivity contribution in [3.05, 3.63) is 33.7 Å². The lowest BCUT2D eigenvalue weighted by Gasteiger charge is -2.55. The molecule has 3 rings (SSSR count). The van der Waals surface area contributed by atoms with E-state index in [-0.39, 0.29) is 39.8 Å². The number of fused-ring (bicyclic) bond motifs is 1. The summed E-state index contributed by atoms with van der Waals surface area (Å²) in [5.74, 6) is -3.40. The second-order valence-corrected chi connectivity index (χ2v) is 8.75. The summed E-state index contributed by atoms with van der Waals surface area (Å²) >= 11 is 2.33. The van der Waals surface area contributed by atoms with Crippen LogP contribution in [0.5, 0.6) is 0 Å². The Morgan fingerprint density at radius 2 is 2.17 bits per heavy atom. The Kier molecular flexibility index (Phi) is 6.45. The predicted octanol–water partition coefficient (Wildman–Crippen LogP) is -0.243. The number of thiophene rings is 1. The fraction of sp³-hybridized carbons (Fsp3) is 0.353. The van der Waals surface area contributed by atoms with E-state index in [1.807, 2.05) is 0 Å². The Bertz CT molecular complexity index is 999. The third-order valence-corrected chi connectivity index (χ3v) is 7.38. The van der Waals surface area contributed by atoms with Gasteiger partial charge < -0.3 is 19.9 Å². The van der Waals surface area contributed by atoms with Crippen molar-refractivity contribution in [3.8, 4) is 0 Å². The molecule has 0 aromatic carbocycles. The number of amides is 2. The lowest BCUT2D eigenvalue weighted by Crippen LogP contribution is -2.81. The smallest absolute Gasteiger partial charge is 0.352 e. The molecule has 2 atom stereocenters. The van der Waals surface area contributed by atoms with Crippen molar-refractivity contribution >= 4 is 63.0 Å². The second kappa shape index (κ2) is 8.71. The van der Waals surface area contributed by atoms with Gasteiger partial charge in [-0.2, -0.15) is 0 Å². The lowest BCUT2D eigenvalue weighted by atomic mass is 9.98. The molecule has 0 radical (unpaired) electrons. The fourth-order valence-electron chi connectivity index (χ4n) is 3.07. The zero-order chi connectivity index (χ0) is 22.1. The third-order valence-electron chi connectivity index (χ3n) is 4.42. The van der Waals surface area contributed by atoms with Crippen LogP contribution in [0, 0.1) is 0 Å². The van der Waals surface area contributed by atoms with Gasteiger partial charge in [0.1, 0.15) is 33.8 Å². The van der Waals surface area contributed by atoms with Crippen molar-refractivity contribution in [2.45, 2.75) is 18.0 Å². The molecule has 0 unspecified atom stereocenters. The van der Waals surface area contributed by atoms with Crippen LogP contribution in [0.1, 0.15) is 11.8 Å². The zero-order valence-electron chi connectivity index (χ0n) is 15.7. The Morgan fingerprint density at radius 3 is 2.70 bits per heavy atom. The highest BCUT2D eigenvalue weighted by Crippen LogP contribution is 2.46. The number of esters is 1. The Morgan fingerprint density at radius 1 is 1.43 bits per heavy atom. The molecule has 1 fully saturated rings. The van der Waals surface area contributed by atoms with Crippen LogP contribution >= 0.6 is 23.1 Å². The van der Waals surface area contributed by atoms with Crippen LogP contribution in [0.25, 0.3) is 0 Å². The van der Waals surface area contributed by atoms with Gasteiger partial charge in [-0.1, -0.05) is 6.07 Å². The maximum absolute atomic E-state index is 13.0. The van der Waals surface area contributed by atoms with Crippen LogP contribution in [-0.2, 0) is 39.9 Å². The van der Waals surface area contributed by atoms with Gasteiger partial charge in [0.2, 0.25) is 0 Å². The van der Waals surface area contributed by atoms with Gasteiger partial charge in [-0.15, -0.1) is 23.1 Å². The molecule has 1 aromatic rings. The van der Waals surface area contributed by atoms with E-state index in [1.165, 1.54) is 25.4 Å². The zero-order valence-corrected chi connectivity index (χ0v) is 18.2. The minimum absolute atomic E-state index is 0.00690. The molecule has 3 heterocycles. The number of β-lactam (4-membered cyclic amide) rings is 1. The first-order chi connectivity index (χ1) is 14.3. The molecule has 2 aliphatic rings. The van der Waals surface area contributed by atoms with E-state index in [1.54, 1.807) is 17.5 Å². The molecule has 0 saturated carbocycles. The van der Waals surface area contributed by atoms with E-state index in [0.29, 0.717) is 4.88 Å².